The molecular formula is C20H18F4N2O3. The van der Waals surface area contributed by atoms with Crippen molar-refractivity contribution < 1.29 is 32.3 Å². The lowest BCUT2D eigenvalue weighted by Crippen LogP contribution is -2.73. The second kappa shape index (κ2) is 7.14. The number of rotatable bonds is 3. The van der Waals surface area contributed by atoms with Gasteiger partial charge < -0.3 is 10.0 Å². The first-order valence-electron chi connectivity index (χ1n) is 8.64. The minimum atomic E-state index is -5.35. The number of ketones is 1. The zero-order chi connectivity index (χ0) is 21.6. The maximum atomic E-state index is 14.1. The average Bonchev–Trinajstić information content (AvgIpc) is 2.68. The fraction of sp³-hybridized carbons (Fsp3) is 0.300. The van der Waals surface area contributed by atoms with Gasteiger partial charge in [0.25, 0.3) is 5.72 Å². The first-order chi connectivity index (χ1) is 13.5. The second-order valence-electron chi connectivity index (χ2n) is 6.88. The van der Waals surface area contributed by atoms with E-state index in [2.05, 4.69) is 0 Å². The Morgan fingerprint density at radius 3 is 2.24 bits per heavy atom. The number of urea groups is 1. The van der Waals surface area contributed by atoms with Crippen LogP contribution in [-0.2, 0) is 0 Å². The van der Waals surface area contributed by atoms with Gasteiger partial charge in [-0.05, 0) is 17.7 Å². The third kappa shape index (κ3) is 3.25. The summed E-state index contributed by atoms with van der Waals surface area (Å²) in [5.41, 5.74) is -3.90. The predicted octanol–water partition coefficient (Wildman–Crippen LogP) is 3.61. The molecule has 154 valence electrons. The Kier molecular flexibility index (Phi) is 5.12. The van der Waals surface area contributed by atoms with E-state index in [1.54, 1.807) is 6.07 Å². The Morgan fingerprint density at radius 2 is 1.69 bits per heavy atom. The van der Waals surface area contributed by atoms with Crippen molar-refractivity contribution in [3.05, 3.63) is 71.5 Å². The van der Waals surface area contributed by atoms with Crippen molar-refractivity contribution in [1.82, 2.24) is 9.80 Å². The molecule has 2 amide bonds. The number of hydrogen-bond donors (Lipinski definition) is 1. The molecule has 9 heteroatoms. The number of carbonyl (C=O) groups is 2. The summed E-state index contributed by atoms with van der Waals surface area (Å²) in [7, 11) is 1.98. The molecule has 2 aromatic rings. The number of halogens is 4. The Labute approximate surface area is 164 Å². The molecule has 1 fully saturated rings. The molecule has 0 aliphatic carbocycles. The van der Waals surface area contributed by atoms with Gasteiger partial charge in [0.15, 0.2) is 5.78 Å². The summed E-state index contributed by atoms with van der Waals surface area (Å²) >= 11 is 0. The van der Waals surface area contributed by atoms with Gasteiger partial charge in [0.1, 0.15) is 11.7 Å². The number of carbonyl (C=O) groups excluding carboxylic acids is 2. The summed E-state index contributed by atoms with van der Waals surface area (Å²) in [6, 6.07) is 9.06. The average molecular weight is 410 g/mol. The van der Waals surface area contributed by atoms with Crippen LogP contribution in [0.4, 0.5) is 22.4 Å². The van der Waals surface area contributed by atoms with Gasteiger partial charge in [0.2, 0.25) is 0 Å². The molecule has 3 rings (SSSR count). The van der Waals surface area contributed by atoms with Crippen LogP contribution in [0.25, 0.3) is 0 Å². The van der Waals surface area contributed by atoms with E-state index in [0.29, 0.717) is 0 Å². The molecule has 1 aliphatic rings. The van der Waals surface area contributed by atoms with Gasteiger partial charge in [0, 0.05) is 19.7 Å². The number of hydrogen-bond acceptors (Lipinski definition) is 3. The number of Topliss-reactive ketones (excluding diaryl/α,β-unsaturated/α-hetero) is 1. The number of nitrogens with zero attached hydrogens (tertiary/aromatic N) is 2. The quantitative estimate of drug-likeness (QED) is 0.621. The third-order valence-corrected chi connectivity index (χ3v) is 5.21. The van der Waals surface area contributed by atoms with Crippen LogP contribution in [0.1, 0.15) is 22.0 Å². The van der Waals surface area contributed by atoms with Crippen molar-refractivity contribution in [2.75, 3.05) is 14.1 Å². The van der Waals surface area contributed by atoms with E-state index in [0.717, 1.165) is 24.1 Å². The number of aliphatic hydroxyl groups is 1. The van der Waals surface area contributed by atoms with Crippen LogP contribution >= 0.6 is 0 Å². The number of amides is 2. The van der Waals surface area contributed by atoms with Crippen molar-refractivity contribution in [3.8, 4) is 0 Å². The first-order valence-corrected chi connectivity index (χ1v) is 8.64. The maximum absolute atomic E-state index is 14.1. The zero-order valence-electron chi connectivity index (χ0n) is 15.5. The minimum Gasteiger partial charge on any atom is -0.363 e. The lowest BCUT2D eigenvalue weighted by Gasteiger charge is -2.53. The highest BCUT2D eigenvalue weighted by atomic mass is 19.4. The fourth-order valence-electron chi connectivity index (χ4n) is 3.74. The Hall–Kier alpha value is -2.94. The van der Waals surface area contributed by atoms with E-state index in [1.807, 2.05) is 0 Å². The fourth-order valence-corrected chi connectivity index (χ4v) is 3.74. The van der Waals surface area contributed by atoms with Gasteiger partial charge in [-0.3, -0.25) is 9.69 Å². The van der Waals surface area contributed by atoms with E-state index in [9.17, 15) is 32.3 Å². The summed E-state index contributed by atoms with van der Waals surface area (Å²) in [4.78, 5) is 26.8. The second-order valence-corrected chi connectivity index (χ2v) is 6.88. The molecule has 3 unspecified atom stereocenters. The summed E-state index contributed by atoms with van der Waals surface area (Å²) in [6.45, 7) is 0. The van der Waals surface area contributed by atoms with Gasteiger partial charge in [-0.25, -0.2) is 9.18 Å². The van der Waals surface area contributed by atoms with Crippen molar-refractivity contribution in [2.45, 2.75) is 17.9 Å². The maximum Gasteiger partial charge on any atom is 0.437 e. The van der Waals surface area contributed by atoms with Crippen molar-refractivity contribution in [3.63, 3.8) is 0 Å². The van der Waals surface area contributed by atoms with Crippen LogP contribution in [-0.4, -0.2) is 52.7 Å². The Balaban J connectivity index is 2.28. The van der Waals surface area contributed by atoms with Gasteiger partial charge >= 0.3 is 12.2 Å². The van der Waals surface area contributed by atoms with Crippen LogP contribution < -0.4 is 0 Å². The lowest BCUT2D eigenvalue weighted by atomic mass is 9.75. The molecule has 2 aromatic carbocycles. The van der Waals surface area contributed by atoms with Crippen molar-refractivity contribution in [1.29, 1.82) is 0 Å². The van der Waals surface area contributed by atoms with E-state index in [4.69, 9.17) is 0 Å². The largest absolute Gasteiger partial charge is 0.437 e. The van der Waals surface area contributed by atoms with Crippen LogP contribution in [0.5, 0.6) is 0 Å². The Morgan fingerprint density at radius 1 is 1.07 bits per heavy atom. The molecule has 1 N–H and O–H groups in total. The van der Waals surface area contributed by atoms with Crippen LogP contribution in [0.3, 0.4) is 0 Å². The van der Waals surface area contributed by atoms with E-state index in [1.165, 1.54) is 43.4 Å². The molecule has 0 aromatic heterocycles. The van der Waals surface area contributed by atoms with E-state index >= 15 is 0 Å². The SMILES string of the molecule is CN1C(=O)N(C)C(O)(C(F)(F)F)C(C(=O)c2ccccc2)C1c1cccc(F)c1. The standard InChI is InChI=1S/C20H18F4N2O3/c1-25-16(13-9-6-10-14(21)11-13)15(17(27)12-7-4-3-5-8-12)19(29,20(22,23)24)26(2)18(25)28/h3-11,15-16,29H,1-2H3. The molecule has 29 heavy (non-hydrogen) atoms. The van der Waals surface area contributed by atoms with Crippen molar-refractivity contribution in [2.24, 2.45) is 5.92 Å². The topological polar surface area (TPSA) is 60.9 Å². The summed E-state index contributed by atoms with van der Waals surface area (Å²) < 4.78 is 56.1. The molecule has 1 aliphatic heterocycles. The zero-order valence-corrected chi connectivity index (χ0v) is 15.5. The first kappa shape index (κ1) is 20.8. The van der Waals surface area contributed by atoms with Gasteiger partial charge in [-0.15, -0.1) is 0 Å². The normalized spacial score (nSPS) is 25.3. The van der Waals surface area contributed by atoms with E-state index in [-0.39, 0.29) is 16.0 Å². The summed E-state index contributed by atoms with van der Waals surface area (Å²) in [5.74, 6) is -3.92. The molecule has 0 spiro atoms. The third-order valence-electron chi connectivity index (χ3n) is 5.21. The molecule has 0 bridgehead atoms. The van der Waals surface area contributed by atoms with Crippen LogP contribution in [0.2, 0.25) is 0 Å². The van der Waals surface area contributed by atoms with Crippen molar-refractivity contribution >= 4 is 11.8 Å². The van der Waals surface area contributed by atoms with E-state index < -0.39 is 41.5 Å². The summed E-state index contributed by atoms with van der Waals surface area (Å²) in [5, 5.41) is 10.8. The van der Waals surface area contributed by atoms with Gasteiger partial charge in [-0.1, -0.05) is 42.5 Å². The molecule has 1 saturated heterocycles. The lowest BCUT2D eigenvalue weighted by molar-refractivity contribution is -0.328. The highest BCUT2D eigenvalue weighted by molar-refractivity contribution is 6.00. The highest BCUT2D eigenvalue weighted by Gasteiger charge is 2.70. The highest BCUT2D eigenvalue weighted by Crippen LogP contribution is 2.50. The monoisotopic (exact) mass is 410 g/mol. The Bertz CT molecular complexity index is 935. The molecule has 5 nitrogen and oxygen atoms in total. The molecule has 0 radical (unpaired) electrons. The molecule has 0 saturated carbocycles. The summed E-state index contributed by atoms with van der Waals surface area (Å²) in [6.07, 6.45) is -5.35. The minimum absolute atomic E-state index is 0.0362. The van der Waals surface area contributed by atoms with Gasteiger partial charge in [-0.2, -0.15) is 13.2 Å². The van der Waals surface area contributed by atoms with Gasteiger partial charge in [0.05, 0.1) is 6.04 Å². The van der Waals surface area contributed by atoms with Crippen LogP contribution in [0.15, 0.2) is 54.6 Å². The smallest absolute Gasteiger partial charge is 0.363 e. The number of benzene rings is 2. The predicted molar refractivity (Wildman–Crippen MR) is 95.3 cm³/mol. The molecular weight excluding hydrogens is 392 g/mol. The molecule has 3 atom stereocenters. The number of alkyl halides is 3. The van der Waals surface area contributed by atoms with Crippen LogP contribution in [0, 0.1) is 11.7 Å². The molecule has 1 heterocycles.